The Bertz CT molecular complexity index is 982. The SMILES string of the molecule is Cc1nnc(CSc2nnc(Cc3ccccc3)n2-c2ccccc2)o1. The van der Waals surface area contributed by atoms with Crippen LogP contribution in [-0.4, -0.2) is 25.0 Å². The summed E-state index contributed by atoms with van der Waals surface area (Å²) in [4.78, 5) is 0. The van der Waals surface area contributed by atoms with E-state index in [2.05, 4.69) is 49.2 Å². The molecule has 0 bridgehead atoms. The summed E-state index contributed by atoms with van der Waals surface area (Å²) in [5.74, 6) is 2.60. The van der Waals surface area contributed by atoms with Crippen molar-refractivity contribution in [2.75, 3.05) is 0 Å². The monoisotopic (exact) mass is 363 g/mol. The average Bonchev–Trinajstić information content (AvgIpc) is 3.27. The molecule has 0 aliphatic rings. The third-order valence-electron chi connectivity index (χ3n) is 3.81. The molecule has 6 nitrogen and oxygen atoms in total. The highest BCUT2D eigenvalue weighted by Gasteiger charge is 2.16. The third-order valence-corrected chi connectivity index (χ3v) is 4.73. The van der Waals surface area contributed by atoms with Crippen LogP contribution in [0, 0.1) is 6.92 Å². The van der Waals surface area contributed by atoms with Gasteiger partial charge >= 0.3 is 0 Å². The maximum absolute atomic E-state index is 5.45. The average molecular weight is 363 g/mol. The van der Waals surface area contributed by atoms with Crippen molar-refractivity contribution in [1.82, 2.24) is 25.0 Å². The molecule has 2 aromatic carbocycles. The molecule has 0 saturated heterocycles. The molecule has 2 aromatic heterocycles. The van der Waals surface area contributed by atoms with Crippen molar-refractivity contribution in [1.29, 1.82) is 0 Å². The molecule has 26 heavy (non-hydrogen) atoms. The molecule has 0 radical (unpaired) electrons. The molecule has 0 unspecified atom stereocenters. The molecule has 0 N–H and O–H groups in total. The highest BCUT2D eigenvalue weighted by Crippen LogP contribution is 2.25. The van der Waals surface area contributed by atoms with Crippen molar-refractivity contribution in [3.63, 3.8) is 0 Å². The first-order chi connectivity index (χ1) is 12.8. The largest absolute Gasteiger partial charge is 0.425 e. The van der Waals surface area contributed by atoms with Gasteiger partial charge in [0.25, 0.3) is 0 Å². The molecule has 4 aromatic rings. The van der Waals surface area contributed by atoms with Crippen LogP contribution in [0.25, 0.3) is 5.69 Å². The van der Waals surface area contributed by atoms with E-state index in [0.29, 0.717) is 24.0 Å². The Labute approximate surface area is 155 Å². The summed E-state index contributed by atoms with van der Waals surface area (Å²) in [5.41, 5.74) is 2.23. The lowest BCUT2D eigenvalue weighted by molar-refractivity contribution is 0.485. The van der Waals surface area contributed by atoms with Crippen molar-refractivity contribution in [2.45, 2.75) is 24.3 Å². The maximum atomic E-state index is 5.45. The predicted molar refractivity (Wildman–Crippen MR) is 99.2 cm³/mol. The summed E-state index contributed by atoms with van der Waals surface area (Å²) in [5, 5.41) is 17.5. The zero-order valence-electron chi connectivity index (χ0n) is 14.2. The Hall–Kier alpha value is -2.93. The second kappa shape index (κ2) is 7.53. The van der Waals surface area contributed by atoms with Gasteiger partial charge < -0.3 is 4.42 Å². The van der Waals surface area contributed by atoms with Gasteiger partial charge in [0.15, 0.2) is 5.16 Å². The van der Waals surface area contributed by atoms with E-state index in [9.17, 15) is 0 Å². The molecule has 0 aliphatic carbocycles. The quantitative estimate of drug-likeness (QED) is 0.485. The lowest BCUT2D eigenvalue weighted by Gasteiger charge is -2.09. The number of hydrogen-bond acceptors (Lipinski definition) is 6. The number of hydrogen-bond donors (Lipinski definition) is 0. The van der Waals surface area contributed by atoms with Crippen LogP contribution in [0.15, 0.2) is 70.2 Å². The van der Waals surface area contributed by atoms with E-state index in [-0.39, 0.29) is 0 Å². The molecule has 4 rings (SSSR count). The highest BCUT2D eigenvalue weighted by molar-refractivity contribution is 7.98. The van der Waals surface area contributed by atoms with Gasteiger partial charge in [-0.1, -0.05) is 60.3 Å². The van der Waals surface area contributed by atoms with Crippen molar-refractivity contribution in [3.8, 4) is 5.69 Å². The Morgan fingerprint density at radius 2 is 1.62 bits per heavy atom. The van der Waals surface area contributed by atoms with Crippen LogP contribution >= 0.6 is 11.8 Å². The van der Waals surface area contributed by atoms with Gasteiger partial charge in [-0.3, -0.25) is 4.57 Å². The van der Waals surface area contributed by atoms with Crippen LogP contribution in [0.2, 0.25) is 0 Å². The van der Waals surface area contributed by atoms with Crippen LogP contribution in [0.5, 0.6) is 0 Å². The maximum Gasteiger partial charge on any atom is 0.226 e. The van der Waals surface area contributed by atoms with E-state index in [4.69, 9.17) is 4.42 Å². The van der Waals surface area contributed by atoms with E-state index < -0.39 is 0 Å². The minimum absolute atomic E-state index is 0.553. The van der Waals surface area contributed by atoms with Crippen molar-refractivity contribution >= 4 is 11.8 Å². The predicted octanol–water partition coefficient (Wildman–Crippen LogP) is 3.84. The van der Waals surface area contributed by atoms with Gasteiger partial charge in [-0.25, -0.2) is 0 Å². The number of nitrogens with zero attached hydrogens (tertiary/aromatic N) is 5. The molecule has 2 heterocycles. The number of benzene rings is 2. The molecule has 7 heteroatoms. The van der Waals surface area contributed by atoms with Crippen molar-refractivity contribution < 1.29 is 4.42 Å². The summed E-state index contributed by atoms with van der Waals surface area (Å²) in [7, 11) is 0. The first-order valence-corrected chi connectivity index (χ1v) is 9.23. The van der Waals surface area contributed by atoms with E-state index in [1.807, 2.05) is 36.4 Å². The van der Waals surface area contributed by atoms with Gasteiger partial charge in [0, 0.05) is 19.0 Å². The first kappa shape index (κ1) is 16.5. The number of thioether (sulfide) groups is 1. The minimum Gasteiger partial charge on any atom is -0.425 e. The molecule has 0 fully saturated rings. The van der Waals surface area contributed by atoms with Crippen LogP contribution in [-0.2, 0) is 12.2 Å². The molecule has 0 atom stereocenters. The molecule has 0 saturated carbocycles. The Morgan fingerprint density at radius 3 is 2.31 bits per heavy atom. The fraction of sp³-hybridized carbons (Fsp3) is 0.158. The first-order valence-electron chi connectivity index (χ1n) is 8.25. The van der Waals surface area contributed by atoms with Gasteiger partial charge in [-0.15, -0.1) is 20.4 Å². The van der Waals surface area contributed by atoms with Crippen LogP contribution in [0.1, 0.15) is 23.2 Å². The van der Waals surface area contributed by atoms with E-state index in [0.717, 1.165) is 16.7 Å². The zero-order chi connectivity index (χ0) is 17.8. The molecule has 130 valence electrons. The second-order valence-electron chi connectivity index (χ2n) is 5.74. The number of aryl methyl sites for hydroxylation is 1. The molecular formula is C19H17N5OS. The van der Waals surface area contributed by atoms with E-state index in [1.54, 1.807) is 6.92 Å². The summed E-state index contributed by atoms with van der Waals surface area (Å²) in [6, 6.07) is 20.4. The van der Waals surface area contributed by atoms with Gasteiger partial charge in [0.05, 0.1) is 5.75 Å². The lowest BCUT2D eigenvalue weighted by atomic mass is 10.1. The van der Waals surface area contributed by atoms with Gasteiger partial charge in [-0.05, 0) is 17.7 Å². The normalized spacial score (nSPS) is 11.0. The Balaban J connectivity index is 1.65. The van der Waals surface area contributed by atoms with Crippen LogP contribution < -0.4 is 0 Å². The van der Waals surface area contributed by atoms with Crippen molar-refractivity contribution in [3.05, 3.63) is 83.8 Å². The topological polar surface area (TPSA) is 69.6 Å². The third kappa shape index (κ3) is 3.67. The number of para-hydroxylation sites is 1. The highest BCUT2D eigenvalue weighted by atomic mass is 32.2. The van der Waals surface area contributed by atoms with Crippen LogP contribution in [0.4, 0.5) is 0 Å². The Kier molecular flexibility index (Phi) is 4.79. The smallest absolute Gasteiger partial charge is 0.226 e. The van der Waals surface area contributed by atoms with Crippen molar-refractivity contribution in [2.24, 2.45) is 0 Å². The number of aromatic nitrogens is 5. The standard InChI is InChI=1S/C19H17N5OS/c1-14-20-22-18(25-14)13-26-19-23-21-17(12-15-8-4-2-5-9-15)24(19)16-10-6-3-7-11-16/h2-11H,12-13H2,1H3. The fourth-order valence-electron chi connectivity index (χ4n) is 2.65. The van der Waals surface area contributed by atoms with E-state index in [1.165, 1.54) is 17.3 Å². The van der Waals surface area contributed by atoms with Gasteiger partial charge in [0.1, 0.15) is 5.82 Å². The fourth-order valence-corrected chi connectivity index (χ4v) is 3.45. The van der Waals surface area contributed by atoms with Crippen LogP contribution in [0.3, 0.4) is 0 Å². The lowest BCUT2D eigenvalue weighted by Crippen LogP contribution is -2.03. The van der Waals surface area contributed by atoms with Gasteiger partial charge in [0.2, 0.25) is 11.8 Å². The summed E-state index contributed by atoms with van der Waals surface area (Å²) in [6.07, 6.45) is 0.711. The summed E-state index contributed by atoms with van der Waals surface area (Å²) in [6.45, 7) is 1.78. The minimum atomic E-state index is 0.553. The molecule has 0 amide bonds. The second-order valence-corrected chi connectivity index (χ2v) is 6.68. The molecular weight excluding hydrogens is 346 g/mol. The zero-order valence-corrected chi connectivity index (χ0v) is 15.1. The molecule has 0 spiro atoms. The van der Waals surface area contributed by atoms with E-state index >= 15 is 0 Å². The Morgan fingerprint density at radius 1 is 0.885 bits per heavy atom. The van der Waals surface area contributed by atoms with Gasteiger partial charge in [-0.2, -0.15) is 0 Å². The summed E-state index contributed by atoms with van der Waals surface area (Å²) < 4.78 is 7.54. The number of rotatable bonds is 6. The molecule has 0 aliphatic heterocycles. The summed E-state index contributed by atoms with van der Waals surface area (Å²) >= 11 is 1.53.